The van der Waals surface area contributed by atoms with E-state index in [9.17, 15) is 0 Å². The molecule has 0 aliphatic heterocycles. The van der Waals surface area contributed by atoms with Crippen molar-refractivity contribution in [1.82, 2.24) is 25.4 Å². The SMILES string of the molecule is Cc1noc(C)c1CNc1ccc(-n2cnnn2)cc1. The Morgan fingerprint density at radius 2 is 2.00 bits per heavy atom. The van der Waals surface area contributed by atoms with Gasteiger partial charge in [0.1, 0.15) is 12.1 Å². The molecular formula is C13H14N6O. The predicted molar refractivity (Wildman–Crippen MR) is 72.5 cm³/mol. The fourth-order valence-electron chi connectivity index (χ4n) is 1.96. The van der Waals surface area contributed by atoms with Crippen LogP contribution in [0.4, 0.5) is 5.69 Å². The van der Waals surface area contributed by atoms with Gasteiger partial charge in [-0.15, -0.1) is 5.10 Å². The van der Waals surface area contributed by atoms with Crippen LogP contribution in [0.15, 0.2) is 35.1 Å². The van der Waals surface area contributed by atoms with Crippen LogP contribution >= 0.6 is 0 Å². The molecule has 2 aromatic heterocycles. The maximum Gasteiger partial charge on any atom is 0.143 e. The maximum atomic E-state index is 5.14. The molecule has 0 radical (unpaired) electrons. The minimum absolute atomic E-state index is 0.686. The van der Waals surface area contributed by atoms with Crippen LogP contribution in [0, 0.1) is 13.8 Å². The number of anilines is 1. The molecule has 0 unspecified atom stereocenters. The molecule has 1 aromatic carbocycles. The molecule has 3 aromatic rings. The number of nitrogens with one attached hydrogen (secondary N) is 1. The van der Waals surface area contributed by atoms with Crippen molar-refractivity contribution in [3.8, 4) is 5.69 Å². The van der Waals surface area contributed by atoms with Crippen LogP contribution in [-0.2, 0) is 6.54 Å². The summed E-state index contributed by atoms with van der Waals surface area (Å²) >= 11 is 0. The van der Waals surface area contributed by atoms with E-state index >= 15 is 0 Å². The largest absolute Gasteiger partial charge is 0.381 e. The molecule has 2 heterocycles. The number of aromatic nitrogens is 5. The van der Waals surface area contributed by atoms with Crippen molar-refractivity contribution in [1.29, 1.82) is 0 Å². The third kappa shape index (κ3) is 2.37. The van der Waals surface area contributed by atoms with Gasteiger partial charge in [-0.25, -0.2) is 4.68 Å². The Morgan fingerprint density at radius 1 is 1.20 bits per heavy atom. The Bertz CT molecular complexity index is 667. The Kier molecular flexibility index (Phi) is 3.16. The smallest absolute Gasteiger partial charge is 0.143 e. The van der Waals surface area contributed by atoms with Crippen LogP contribution in [0.25, 0.3) is 5.69 Å². The summed E-state index contributed by atoms with van der Waals surface area (Å²) in [5, 5.41) is 18.3. The summed E-state index contributed by atoms with van der Waals surface area (Å²) in [5.74, 6) is 0.848. The summed E-state index contributed by atoms with van der Waals surface area (Å²) in [6.45, 7) is 4.54. The zero-order valence-electron chi connectivity index (χ0n) is 11.2. The molecule has 0 saturated heterocycles. The lowest BCUT2D eigenvalue weighted by Gasteiger charge is -2.07. The predicted octanol–water partition coefficient (Wildman–Crippen LogP) is 1.88. The first kappa shape index (κ1) is 12.3. The van der Waals surface area contributed by atoms with Crippen molar-refractivity contribution in [2.24, 2.45) is 0 Å². The summed E-state index contributed by atoms with van der Waals surface area (Å²) in [4.78, 5) is 0. The molecule has 0 amide bonds. The Balaban J connectivity index is 1.70. The van der Waals surface area contributed by atoms with Gasteiger partial charge in [0.05, 0.1) is 11.4 Å². The molecular weight excluding hydrogens is 256 g/mol. The second-order valence-electron chi connectivity index (χ2n) is 4.46. The van der Waals surface area contributed by atoms with Crippen molar-refractivity contribution in [2.45, 2.75) is 20.4 Å². The highest BCUT2D eigenvalue weighted by atomic mass is 16.5. The van der Waals surface area contributed by atoms with Crippen LogP contribution in [-0.4, -0.2) is 25.4 Å². The molecule has 0 bridgehead atoms. The van der Waals surface area contributed by atoms with Gasteiger partial charge in [0.2, 0.25) is 0 Å². The molecule has 7 heteroatoms. The van der Waals surface area contributed by atoms with E-state index in [2.05, 4.69) is 26.0 Å². The average Bonchev–Trinajstić information content (AvgIpc) is 3.09. The minimum Gasteiger partial charge on any atom is -0.381 e. The number of hydrogen-bond donors (Lipinski definition) is 1. The summed E-state index contributed by atoms with van der Waals surface area (Å²) in [6.07, 6.45) is 1.56. The van der Waals surface area contributed by atoms with E-state index in [0.717, 1.165) is 28.4 Å². The van der Waals surface area contributed by atoms with Gasteiger partial charge < -0.3 is 9.84 Å². The highest BCUT2D eigenvalue weighted by Crippen LogP contribution is 2.16. The molecule has 3 rings (SSSR count). The topological polar surface area (TPSA) is 81.7 Å². The van der Waals surface area contributed by atoms with E-state index in [1.807, 2.05) is 38.1 Å². The maximum absolute atomic E-state index is 5.14. The lowest BCUT2D eigenvalue weighted by molar-refractivity contribution is 0.392. The van der Waals surface area contributed by atoms with Crippen molar-refractivity contribution in [3.05, 3.63) is 47.6 Å². The molecule has 0 fully saturated rings. The van der Waals surface area contributed by atoms with Gasteiger partial charge in [-0.05, 0) is 48.5 Å². The minimum atomic E-state index is 0.686. The van der Waals surface area contributed by atoms with E-state index in [-0.39, 0.29) is 0 Å². The standard InChI is InChI=1S/C13H14N6O/c1-9-13(10(2)20-16-9)7-14-11-3-5-12(6-4-11)19-8-15-17-18-19/h3-6,8,14H,7H2,1-2H3. The zero-order valence-corrected chi connectivity index (χ0v) is 11.2. The number of aryl methyl sites for hydroxylation is 2. The number of tetrazole rings is 1. The van der Waals surface area contributed by atoms with Crippen LogP contribution in [0.2, 0.25) is 0 Å². The molecule has 0 aliphatic rings. The van der Waals surface area contributed by atoms with Crippen LogP contribution in [0.1, 0.15) is 17.0 Å². The van der Waals surface area contributed by atoms with Crippen LogP contribution in [0.5, 0.6) is 0 Å². The quantitative estimate of drug-likeness (QED) is 0.779. The van der Waals surface area contributed by atoms with Gasteiger partial charge in [0.15, 0.2) is 0 Å². The number of rotatable bonds is 4. The Morgan fingerprint density at radius 3 is 2.60 bits per heavy atom. The molecule has 7 nitrogen and oxygen atoms in total. The number of nitrogens with zero attached hydrogens (tertiary/aromatic N) is 5. The number of benzene rings is 1. The van der Waals surface area contributed by atoms with Crippen LogP contribution < -0.4 is 5.32 Å². The van der Waals surface area contributed by atoms with Crippen molar-refractivity contribution in [2.75, 3.05) is 5.32 Å². The molecule has 20 heavy (non-hydrogen) atoms. The second kappa shape index (κ2) is 5.12. The van der Waals surface area contributed by atoms with Gasteiger partial charge >= 0.3 is 0 Å². The van der Waals surface area contributed by atoms with Crippen molar-refractivity contribution >= 4 is 5.69 Å². The third-order valence-corrected chi connectivity index (χ3v) is 3.13. The first-order valence-corrected chi connectivity index (χ1v) is 6.23. The zero-order chi connectivity index (χ0) is 13.9. The van der Waals surface area contributed by atoms with Crippen molar-refractivity contribution < 1.29 is 4.52 Å². The molecule has 0 spiro atoms. The van der Waals surface area contributed by atoms with E-state index in [1.54, 1.807) is 11.0 Å². The molecule has 102 valence electrons. The lowest BCUT2D eigenvalue weighted by Crippen LogP contribution is -2.02. The first-order chi connectivity index (χ1) is 9.74. The summed E-state index contributed by atoms with van der Waals surface area (Å²) in [6, 6.07) is 7.86. The van der Waals surface area contributed by atoms with Crippen LogP contribution in [0.3, 0.4) is 0 Å². The van der Waals surface area contributed by atoms with Gasteiger partial charge in [-0.1, -0.05) is 5.16 Å². The van der Waals surface area contributed by atoms with E-state index in [4.69, 9.17) is 4.52 Å². The molecule has 0 atom stereocenters. The molecule has 1 N–H and O–H groups in total. The Hall–Kier alpha value is -2.70. The summed E-state index contributed by atoms with van der Waals surface area (Å²) in [5.41, 5.74) is 3.94. The van der Waals surface area contributed by atoms with E-state index in [0.29, 0.717) is 6.54 Å². The van der Waals surface area contributed by atoms with Gasteiger partial charge in [0, 0.05) is 17.8 Å². The number of hydrogen-bond acceptors (Lipinski definition) is 6. The highest BCUT2D eigenvalue weighted by Gasteiger charge is 2.08. The normalized spacial score (nSPS) is 10.7. The third-order valence-electron chi connectivity index (χ3n) is 3.13. The summed E-state index contributed by atoms with van der Waals surface area (Å²) < 4.78 is 6.75. The lowest BCUT2D eigenvalue weighted by atomic mass is 10.2. The molecule has 0 saturated carbocycles. The Labute approximate surface area is 115 Å². The van der Waals surface area contributed by atoms with Gasteiger partial charge in [0.25, 0.3) is 0 Å². The highest BCUT2D eigenvalue weighted by molar-refractivity contribution is 5.48. The first-order valence-electron chi connectivity index (χ1n) is 6.23. The average molecular weight is 270 g/mol. The fraction of sp³-hybridized carbons (Fsp3) is 0.231. The van der Waals surface area contributed by atoms with E-state index in [1.165, 1.54) is 0 Å². The summed E-state index contributed by atoms with van der Waals surface area (Å²) in [7, 11) is 0. The van der Waals surface area contributed by atoms with Gasteiger partial charge in [-0.3, -0.25) is 0 Å². The molecule has 0 aliphatic carbocycles. The van der Waals surface area contributed by atoms with Crippen molar-refractivity contribution in [3.63, 3.8) is 0 Å². The monoisotopic (exact) mass is 270 g/mol. The second-order valence-corrected chi connectivity index (χ2v) is 4.46. The van der Waals surface area contributed by atoms with Gasteiger partial charge in [-0.2, -0.15) is 0 Å². The fourth-order valence-corrected chi connectivity index (χ4v) is 1.96. The van der Waals surface area contributed by atoms with E-state index < -0.39 is 0 Å².